The zero-order valence-corrected chi connectivity index (χ0v) is 13.0. The molecule has 0 fully saturated rings. The minimum atomic E-state index is -0.0385. The van der Waals surface area contributed by atoms with Gasteiger partial charge in [-0.15, -0.1) is 5.10 Å². The van der Waals surface area contributed by atoms with E-state index in [2.05, 4.69) is 40.8 Å². The SMILES string of the molecule is Cc1ccc(CC(=O)Nc2ccc(-n3cnnn3)cc2)cc1C. The summed E-state index contributed by atoms with van der Waals surface area (Å²) in [5.74, 6) is -0.0385. The second kappa shape index (κ2) is 6.39. The molecule has 6 nitrogen and oxygen atoms in total. The number of benzene rings is 2. The minimum absolute atomic E-state index is 0.0385. The maximum absolute atomic E-state index is 12.1. The van der Waals surface area contributed by atoms with Crippen molar-refractivity contribution in [3.05, 3.63) is 65.5 Å². The molecule has 6 heteroatoms. The van der Waals surface area contributed by atoms with Gasteiger partial charge in [-0.1, -0.05) is 18.2 Å². The number of nitrogens with zero attached hydrogens (tertiary/aromatic N) is 4. The summed E-state index contributed by atoms with van der Waals surface area (Å²) in [7, 11) is 0. The van der Waals surface area contributed by atoms with Crippen LogP contribution < -0.4 is 5.32 Å². The molecule has 0 saturated carbocycles. The first-order valence-corrected chi connectivity index (χ1v) is 7.31. The fourth-order valence-electron chi connectivity index (χ4n) is 2.28. The van der Waals surface area contributed by atoms with Gasteiger partial charge in [-0.3, -0.25) is 4.79 Å². The van der Waals surface area contributed by atoms with Crippen molar-refractivity contribution in [2.24, 2.45) is 0 Å². The lowest BCUT2D eigenvalue weighted by atomic mass is 10.0. The van der Waals surface area contributed by atoms with Crippen molar-refractivity contribution in [2.45, 2.75) is 20.3 Å². The van der Waals surface area contributed by atoms with Gasteiger partial charge >= 0.3 is 0 Å². The summed E-state index contributed by atoms with van der Waals surface area (Å²) >= 11 is 0. The number of anilines is 1. The van der Waals surface area contributed by atoms with Gasteiger partial charge < -0.3 is 5.32 Å². The molecule has 0 saturated heterocycles. The van der Waals surface area contributed by atoms with Crippen LogP contribution in [0.2, 0.25) is 0 Å². The third-order valence-corrected chi connectivity index (χ3v) is 3.70. The van der Waals surface area contributed by atoms with Crippen molar-refractivity contribution in [1.29, 1.82) is 0 Å². The smallest absolute Gasteiger partial charge is 0.228 e. The Bertz CT molecular complexity index is 810. The highest BCUT2D eigenvalue weighted by molar-refractivity contribution is 5.92. The predicted octanol–water partition coefficient (Wildman–Crippen LogP) is 2.46. The lowest BCUT2D eigenvalue weighted by Gasteiger charge is -2.08. The first-order valence-electron chi connectivity index (χ1n) is 7.31. The van der Waals surface area contributed by atoms with Crippen molar-refractivity contribution in [1.82, 2.24) is 20.2 Å². The second-order valence-corrected chi connectivity index (χ2v) is 5.44. The molecule has 116 valence electrons. The Hall–Kier alpha value is -3.02. The Labute approximate surface area is 134 Å². The molecule has 0 radical (unpaired) electrons. The Morgan fingerprint density at radius 3 is 2.52 bits per heavy atom. The van der Waals surface area contributed by atoms with Gasteiger partial charge in [0, 0.05) is 5.69 Å². The summed E-state index contributed by atoms with van der Waals surface area (Å²) in [6.07, 6.45) is 1.88. The van der Waals surface area contributed by atoms with E-state index in [1.807, 2.05) is 36.4 Å². The van der Waals surface area contributed by atoms with Crippen molar-refractivity contribution in [3.8, 4) is 5.69 Å². The maximum atomic E-state index is 12.1. The third kappa shape index (κ3) is 3.60. The molecule has 0 aliphatic rings. The average Bonchev–Trinajstić information content (AvgIpc) is 3.06. The van der Waals surface area contributed by atoms with Crippen molar-refractivity contribution in [2.75, 3.05) is 5.32 Å². The first kappa shape index (κ1) is 14.9. The van der Waals surface area contributed by atoms with Crippen LogP contribution in [0, 0.1) is 13.8 Å². The van der Waals surface area contributed by atoms with Crippen molar-refractivity contribution < 1.29 is 4.79 Å². The third-order valence-electron chi connectivity index (χ3n) is 3.70. The summed E-state index contributed by atoms with van der Waals surface area (Å²) in [6, 6.07) is 13.4. The number of carbonyl (C=O) groups excluding carboxylic acids is 1. The van der Waals surface area contributed by atoms with E-state index in [9.17, 15) is 4.79 Å². The van der Waals surface area contributed by atoms with Crippen LogP contribution in [0.1, 0.15) is 16.7 Å². The fourth-order valence-corrected chi connectivity index (χ4v) is 2.28. The van der Waals surface area contributed by atoms with Gasteiger partial charge in [0.2, 0.25) is 5.91 Å². The van der Waals surface area contributed by atoms with E-state index >= 15 is 0 Å². The predicted molar refractivity (Wildman–Crippen MR) is 87.4 cm³/mol. The fraction of sp³-hybridized carbons (Fsp3) is 0.176. The zero-order valence-electron chi connectivity index (χ0n) is 13.0. The number of aryl methyl sites for hydroxylation is 2. The highest BCUT2D eigenvalue weighted by Gasteiger charge is 2.06. The maximum Gasteiger partial charge on any atom is 0.228 e. The summed E-state index contributed by atoms with van der Waals surface area (Å²) in [6.45, 7) is 4.11. The lowest BCUT2D eigenvalue weighted by molar-refractivity contribution is -0.115. The summed E-state index contributed by atoms with van der Waals surface area (Å²) < 4.78 is 1.56. The molecule has 1 aromatic heterocycles. The number of hydrogen-bond donors (Lipinski definition) is 1. The van der Waals surface area contributed by atoms with E-state index in [1.165, 1.54) is 17.5 Å². The normalized spacial score (nSPS) is 10.5. The van der Waals surface area contributed by atoms with Gasteiger partial charge in [-0.2, -0.15) is 0 Å². The highest BCUT2D eigenvalue weighted by Crippen LogP contribution is 2.14. The summed E-state index contributed by atoms with van der Waals surface area (Å²) in [4.78, 5) is 12.1. The number of amides is 1. The molecule has 1 N–H and O–H groups in total. The molecular weight excluding hydrogens is 290 g/mol. The Morgan fingerprint density at radius 2 is 1.87 bits per heavy atom. The molecule has 0 aliphatic carbocycles. The molecule has 3 rings (SSSR count). The van der Waals surface area contributed by atoms with Gasteiger partial charge in [0.15, 0.2) is 0 Å². The number of carbonyl (C=O) groups is 1. The molecular formula is C17H17N5O. The number of nitrogens with one attached hydrogen (secondary N) is 1. The van der Waals surface area contributed by atoms with E-state index in [0.717, 1.165) is 16.9 Å². The standard InChI is InChI=1S/C17H17N5O/c1-12-3-4-14(9-13(12)2)10-17(23)19-15-5-7-16(8-6-15)22-11-18-20-21-22/h3-9,11H,10H2,1-2H3,(H,19,23). The van der Waals surface area contributed by atoms with Crippen LogP contribution in [-0.2, 0) is 11.2 Å². The van der Waals surface area contributed by atoms with Gasteiger partial charge in [-0.25, -0.2) is 4.68 Å². The molecule has 0 spiro atoms. The molecule has 23 heavy (non-hydrogen) atoms. The van der Waals surface area contributed by atoms with E-state index in [-0.39, 0.29) is 5.91 Å². The van der Waals surface area contributed by atoms with Crippen LogP contribution in [0.25, 0.3) is 5.69 Å². The number of tetrazole rings is 1. The Balaban J connectivity index is 1.64. The largest absolute Gasteiger partial charge is 0.326 e. The molecule has 1 heterocycles. The topological polar surface area (TPSA) is 72.7 Å². The van der Waals surface area contributed by atoms with Crippen LogP contribution in [0.15, 0.2) is 48.8 Å². The Morgan fingerprint density at radius 1 is 1.09 bits per heavy atom. The zero-order chi connectivity index (χ0) is 16.2. The van der Waals surface area contributed by atoms with Crippen LogP contribution >= 0.6 is 0 Å². The summed E-state index contributed by atoms with van der Waals surface area (Å²) in [5.41, 5.74) is 5.02. The molecule has 1 amide bonds. The Kier molecular flexibility index (Phi) is 4.14. The van der Waals surface area contributed by atoms with Gasteiger partial charge in [0.05, 0.1) is 12.1 Å². The van der Waals surface area contributed by atoms with E-state index in [1.54, 1.807) is 4.68 Å². The van der Waals surface area contributed by atoms with E-state index in [0.29, 0.717) is 6.42 Å². The first-order chi connectivity index (χ1) is 11.1. The summed E-state index contributed by atoms with van der Waals surface area (Å²) in [5, 5.41) is 13.9. The van der Waals surface area contributed by atoms with Crippen LogP contribution in [0.3, 0.4) is 0 Å². The van der Waals surface area contributed by atoms with Crippen molar-refractivity contribution >= 4 is 11.6 Å². The molecule has 0 bridgehead atoms. The molecule has 0 atom stereocenters. The van der Waals surface area contributed by atoms with Gasteiger partial charge in [-0.05, 0) is 65.2 Å². The molecule has 2 aromatic carbocycles. The lowest BCUT2D eigenvalue weighted by Crippen LogP contribution is -2.14. The number of hydrogen-bond acceptors (Lipinski definition) is 4. The highest BCUT2D eigenvalue weighted by atomic mass is 16.1. The van der Waals surface area contributed by atoms with Crippen LogP contribution in [0.4, 0.5) is 5.69 Å². The molecule has 0 aliphatic heterocycles. The second-order valence-electron chi connectivity index (χ2n) is 5.44. The average molecular weight is 307 g/mol. The van der Waals surface area contributed by atoms with Crippen molar-refractivity contribution in [3.63, 3.8) is 0 Å². The minimum Gasteiger partial charge on any atom is -0.326 e. The quantitative estimate of drug-likeness (QED) is 0.803. The monoisotopic (exact) mass is 307 g/mol. The molecule has 0 unspecified atom stereocenters. The number of rotatable bonds is 4. The molecule has 3 aromatic rings. The van der Waals surface area contributed by atoms with E-state index < -0.39 is 0 Å². The van der Waals surface area contributed by atoms with E-state index in [4.69, 9.17) is 0 Å². The number of aromatic nitrogens is 4. The van der Waals surface area contributed by atoms with Crippen LogP contribution in [-0.4, -0.2) is 26.1 Å². The van der Waals surface area contributed by atoms with Gasteiger partial charge in [0.1, 0.15) is 6.33 Å². The van der Waals surface area contributed by atoms with Gasteiger partial charge in [0.25, 0.3) is 0 Å². The van der Waals surface area contributed by atoms with Crippen LogP contribution in [0.5, 0.6) is 0 Å².